The number of H-pyrrole nitrogens is 1. The molecule has 1 amide bonds. The van der Waals surface area contributed by atoms with Crippen LogP contribution >= 0.6 is 11.6 Å². The molecule has 0 fully saturated rings. The van der Waals surface area contributed by atoms with Gasteiger partial charge in [-0.1, -0.05) is 36.2 Å². The van der Waals surface area contributed by atoms with E-state index in [1.54, 1.807) is 23.1 Å². The summed E-state index contributed by atoms with van der Waals surface area (Å²) in [5, 5.41) is 0.968. The molecule has 0 aliphatic heterocycles. The number of aryl methyl sites for hydroxylation is 3. The fraction of sp³-hybridized carbons (Fsp3) is 0.348. The van der Waals surface area contributed by atoms with Crippen LogP contribution in [0.15, 0.2) is 35.1 Å². The monoisotopic (exact) mass is 427 g/mol. The first-order valence-corrected chi connectivity index (χ1v) is 10.3. The summed E-state index contributed by atoms with van der Waals surface area (Å²) in [6.07, 6.45) is 0.776. The summed E-state index contributed by atoms with van der Waals surface area (Å²) in [4.78, 5) is 34.1. The second-order valence-corrected chi connectivity index (χ2v) is 7.94. The van der Waals surface area contributed by atoms with Gasteiger partial charge in [0.1, 0.15) is 11.6 Å². The van der Waals surface area contributed by atoms with Crippen molar-refractivity contribution in [1.82, 2.24) is 14.9 Å². The average molecular weight is 428 g/mol. The van der Waals surface area contributed by atoms with Crippen molar-refractivity contribution in [2.24, 2.45) is 0 Å². The first-order chi connectivity index (χ1) is 14.3. The van der Waals surface area contributed by atoms with E-state index in [1.165, 1.54) is 0 Å². The number of hydrogen-bond donors (Lipinski definition) is 1. The number of nitrogens with one attached hydrogen (secondary N) is 1. The molecule has 0 atom stereocenters. The van der Waals surface area contributed by atoms with Crippen LogP contribution in [-0.4, -0.2) is 33.9 Å². The molecule has 30 heavy (non-hydrogen) atoms. The van der Waals surface area contributed by atoms with E-state index in [4.69, 9.17) is 16.3 Å². The second kappa shape index (κ2) is 9.30. The van der Waals surface area contributed by atoms with Crippen LogP contribution in [-0.2, 0) is 11.3 Å². The van der Waals surface area contributed by atoms with E-state index in [0.717, 1.165) is 28.9 Å². The van der Waals surface area contributed by atoms with Crippen LogP contribution in [0.1, 0.15) is 35.9 Å². The smallest absolute Gasteiger partial charge is 0.260 e. The topological polar surface area (TPSA) is 75.3 Å². The molecule has 3 rings (SSSR count). The molecule has 0 radical (unpaired) electrons. The summed E-state index contributed by atoms with van der Waals surface area (Å²) >= 11 is 6.03. The van der Waals surface area contributed by atoms with Gasteiger partial charge < -0.3 is 14.6 Å². The Morgan fingerprint density at radius 3 is 2.53 bits per heavy atom. The van der Waals surface area contributed by atoms with Crippen molar-refractivity contribution in [2.45, 2.75) is 40.7 Å². The Hall–Kier alpha value is -2.86. The van der Waals surface area contributed by atoms with E-state index in [1.807, 2.05) is 39.8 Å². The number of aromatic amines is 1. The van der Waals surface area contributed by atoms with Gasteiger partial charge in [-0.2, -0.15) is 0 Å². The molecule has 158 valence electrons. The normalized spacial score (nSPS) is 11.0. The van der Waals surface area contributed by atoms with E-state index in [0.29, 0.717) is 28.3 Å². The number of nitrogens with zero attached hydrogens (tertiary/aromatic N) is 2. The number of carbonyl (C=O) groups excluding carboxylic acids is 1. The summed E-state index contributed by atoms with van der Waals surface area (Å²) < 4.78 is 5.86. The lowest BCUT2D eigenvalue weighted by atomic mass is 10.1. The molecule has 3 aromatic rings. The molecule has 0 aliphatic rings. The number of hydrogen-bond acceptors (Lipinski definition) is 4. The van der Waals surface area contributed by atoms with E-state index in [2.05, 4.69) is 9.97 Å². The molecule has 2 aromatic carbocycles. The van der Waals surface area contributed by atoms with E-state index in [9.17, 15) is 9.59 Å². The molecule has 0 aliphatic carbocycles. The van der Waals surface area contributed by atoms with E-state index < -0.39 is 0 Å². The van der Waals surface area contributed by atoms with Gasteiger partial charge in [-0.3, -0.25) is 9.59 Å². The summed E-state index contributed by atoms with van der Waals surface area (Å²) in [6.45, 7) is 8.62. The predicted octanol–water partition coefficient (Wildman–Crippen LogP) is 4.32. The van der Waals surface area contributed by atoms with Gasteiger partial charge in [-0.15, -0.1) is 0 Å². The number of amides is 1. The Morgan fingerprint density at radius 2 is 1.87 bits per heavy atom. The molecule has 0 saturated heterocycles. The third kappa shape index (κ3) is 5.00. The average Bonchev–Trinajstić information content (AvgIpc) is 2.66. The van der Waals surface area contributed by atoms with Crippen LogP contribution in [0.25, 0.3) is 10.9 Å². The maximum atomic E-state index is 12.9. The van der Waals surface area contributed by atoms with Gasteiger partial charge in [0.15, 0.2) is 6.61 Å². The third-order valence-electron chi connectivity index (χ3n) is 4.85. The lowest BCUT2D eigenvalue weighted by molar-refractivity contribution is -0.134. The minimum Gasteiger partial charge on any atom is -0.483 e. The molecule has 7 heteroatoms. The van der Waals surface area contributed by atoms with Crippen LogP contribution in [0.3, 0.4) is 0 Å². The number of rotatable bonds is 7. The van der Waals surface area contributed by atoms with Crippen molar-refractivity contribution in [3.8, 4) is 5.75 Å². The Morgan fingerprint density at radius 1 is 1.17 bits per heavy atom. The van der Waals surface area contributed by atoms with Gasteiger partial charge in [0.05, 0.1) is 17.4 Å². The Labute approximate surface area is 180 Å². The summed E-state index contributed by atoms with van der Waals surface area (Å²) in [5.41, 5.74) is 3.41. The molecule has 0 bridgehead atoms. The standard InChI is InChI=1S/C23H26ClN3O3/c1-5-8-27(21(28)13-30-22-15(3)9-14(2)10-16(22)4)12-20-25-19-11-17(24)6-7-18(19)23(29)26-20/h6-7,9-11H,5,8,12-13H2,1-4H3,(H,25,26,29). The molecule has 0 unspecified atom stereocenters. The first-order valence-electron chi connectivity index (χ1n) is 9.95. The summed E-state index contributed by atoms with van der Waals surface area (Å²) in [5.74, 6) is 0.988. The SMILES string of the molecule is CCCN(Cc1nc2cc(Cl)ccc2c(=O)[nH]1)C(=O)COc1c(C)cc(C)cc1C. The third-order valence-corrected chi connectivity index (χ3v) is 5.08. The van der Waals surface area contributed by atoms with Crippen LogP contribution in [0.2, 0.25) is 5.02 Å². The maximum Gasteiger partial charge on any atom is 0.260 e. The van der Waals surface area contributed by atoms with Gasteiger partial charge in [-0.05, 0) is 56.5 Å². The zero-order valence-electron chi connectivity index (χ0n) is 17.7. The fourth-order valence-corrected chi connectivity index (χ4v) is 3.76. The highest BCUT2D eigenvalue weighted by Gasteiger charge is 2.17. The van der Waals surface area contributed by atoms with Crippen molar-refractivity contribution in [1.29, 1.82) is 0 Å². The van der Waals surface area contributed by atoms with Crippen molar-refractivity contribution in [2.75, 3.05) is 13.2 Å². The number of carbonyl (C=O) groups is 1. The number of benzene rings is 2. The Bertz CT molecular complexity index is 1120. The number of fused-ring (bicyclic) bond motifs is 1. The van der Waals surface area contributed by atoms with Crippen molar-refractivity contribution >= 4 is 28.4 Å². The molecule has 0 spiro atoms. The minimum absolute atomic E-state index is 0.0750. The maximum absolute atomic E-state index is 12.9. The van der Waals surface area contributed by atoms with Gasteiger partial charge in [-0.25, -0.2) is 4.98 Å². The first kappa shape index (κ1) is 21.8. The number of halogens is 1. The largest absolute Gasteiger partial charge is 0.483 e. The Balaban J connectivity index is 1.78. The second-order valence-electron chi connectivity index (χ2n) is 7.51. The van der Waals surface area contributed by atoms with Crippen molar-refractivity contribution in [3.05, 3.63) is 68.2 Å². The van der Waals surface area contributed by atoms with Gasteiger partial charge >= 0.3 is 0 Å². The van der Waals surface area contributed by atoms with Gasteiger partial charge in [0, 0.05) is 11.6 Å². The molecular weight excluding hydrogens is 402 g/mol. The number of aromatic nitrogens is 2. The molecule has 1 aromatic heterocycles. The zero-order valence-corrected chi connectivity index (χ0v) is 18.5. The lowest BCUT2D eigenvalue weighted by Crippen LogP contribution is -2.36. The minimum atomic E-state index is -0.252. The van der Waals surface area contributed by atoms with Crippen LogP contribution in [0.4, 0.5) is 0 Å². The lowest BCUT2D eigenvalue weighted by Gasteiger charge is -2.22. The molecule has 1 N–H and O–H groups in total. The highest BCUT2D eigenvalue weighted by atomic mass is 35.5. The highest BCUT2D eigenvalue weighted by Crippen LogP contribution is 2.24. The van der Waals surface area contributed by atoms with Crippen molar-refractivity contribution < 1.29 is 9.53 Å². The quantitative estimate of drug-likeness (QED) is 0.609. The zero-order chi connectivity index (χ0) is 21.8. The van der Waals surface area contributed by atoms with Crippen molar-refractivity contribution in [3.63, 3.8) is 0 Å². The molecule has 6 nitrogen and oxygen atoms in total. The van der Waals surface area contributed by atoms with E-state index in [-0.39, 0.29) is 24.6 Å². The summed E-state index contributed by atoms with van der Waals surface area (Å²) in [7, 11) is 0. The van der Waals surface area contributed by atoms with Crippen LogP contribution in [0.5, 0.6) is 5.75 Å². The fourth-order valence-electron chi connectivity index (χ4n) is 3.60. The molecular formula is C23H26ClN3O3. The summed E-state index contributed by atoms with van der Waals surface area (Å²) in [6, 6.07) is 9.01. The predicted molar refractivity (Wildman–Crippen MR) is 119 cm³/mol. The van der Waals surface area contributed by atoms with Crippen LogP contribution < -0.4 is 10.3 Å². The van der Waals surface area contributed by atoms with Crippen LogP contribution in [0, 0.1) is 20.8 Å². The highest BCUT2D eigenvalue weighted by molar-refractivity contribution is 6.31. The number of ether oxygens (including phenoxy) is 1. The van der Waals surface area contributed by atoms with Gasteiger partial charge in [0.2, 0.25) is 0 Å². The molecule has 0 saturated carbocycles. The Kier molecular flexibility index (Phi) is 6.77. The van der Waals surface area contributed by atoms with Gasteiger partial charge in [0.25, 0.3) is 11.5 Å². The molecule has 1 heterocycles. The van der Waals surface area contributed by atoms with E-state index >= 15 is 0 Å².